The van der Waals surface area contributed by atoms with E-state index in [1.807, 2.05) is 6.92 Å². The van der Waals surface area contributed by atoms with E-state index in [9.17, 15) is 18.0 Å². The van der Waals surface area contributed by atoms with Crippen molar-refractivity contribution in [1.29, 1.82) is 0 Å². The first-order valence-electron chi connectivity index (χ1n) is 7.63. The van der Waals surface area contributed by atoms with Gasteiger partial charge in [0.2, 0.25) is 5.91 Å². The molecule has 7 nitrogen and oxygen atoms in total. The Hall–Kier alpha value is -1.15. The minimum atomic E-state index is -4.72. The van der Waals surface area contributed by atoms with Crippen LogP contribution in [0.2, 0.25) is 0 Å². The number of carbonyl (C=O) groups is 2. The van der Waals surface area contributed by atoms with Crippen LogP contribution in [0.4, 0.5) is 0 Å². The Bertz CT molecular complexity index is 448. The van der Waals surface area contributed by atoms with Crippen LogP contribution < -0.4 is 5.73 Å². The summed E-state index contributed by atoms with van der Waals surface area (Å²) in [6.45, 7) is 4.19. The number of unbranched alkanes of at least 4 members (excludes halogenated alkanes) is 2. The average Bonchev–Trinajstić information content (AvgIpc) is 2.40. The van der Waals surface area contributed by atoms with Crippen molar-refractivity contribution >= 4 is 22.0 Å². The van der Waals surface area contributed by atoms with Crippen LogP contribution in [0.3, 0.4) is 0 Å². The third kappa shape index (κ3) is 8.99. The number of esters is 1. The van der Waals surface area contributed by atoms with E-state index in [1.165, 1.54) is 0 Å². The maximum absolute atomic E-state index is 11.8. The number of rotatable bonds is 12. The summed E-state index contributed by atoms with van der Waals surface area (Å²) in [5.41, 5.74) is 4.89. The third-order valence-corrected chi connectivity index (χ3v) is 4.46. The fourth-order valence-electron chi connectivity index (χ4n) is 2.19. The van der Waals surface area contributed by atoms with Gasteiger partial charge in [0, 0.05) is 0 Å². The van der Waals surface area contributed by atoms with Gasteiger partial charge >= 0.3 is 5.97 Å². The molecule has 0 rings (SSSR count). The zero-order valence-electron chi connectivity index (χ0n) is 13.3. The highest BCUT2D eigenvalue weighted by atomic mass is 32.2. The lowest BCUT2D eigenvalue weighted by Crippen LogP contribution is -2.36. The van der Waals surface area contributed by atoms with Gasteiger partial charge in [-0.15, -0.1) is 0 Å². The molecule has 0 aliphatic rings. The highest BCUT2D eigenvalue weighted by Crippen LogP contribution is 2.17. The van der Waals surface area contributed by atoms with E-state index in [4.69, 9.17) is 15.0 Å². The summed E-state index contributed by atoms with van der Waals surface area (Å²) < 4.78 is 36.3. The Morgan fingerprint density at radius 2 is 1.77 bits per heavy atom. The van der Waals surface area contributed by atoms with Crippen LogP contribution >= 0.6 is 0 Å². The first-order chi connectivity index (χ1) is 10.2. The molecule has 3 N–H and O–H groups in total. The minimum Gasteiger partial charge on any atom is -0.464 e. The predicted molar refractivity (Wildman–Crippen MR) is 82.6 cm³/mol. The molecule has 0 aromatic rings. The number of carbonyl (C=O) groups excluding carboxylic acids is 2. The Morgan fingerprint density at radius 3 is 2.23 bits per heavy atom. The van der Waals surface area contributed by atoms with Gasteiger partial charge in [-0.1, -0.05) is 39.5 Å². The van der Waals surface area contributed by atoms with Gasteiger partial charge in [-0.3, -0.25) is 14.1 Å². The van der Waals surface area contributed by atoms with E-state index >= 15 is 0 Å². The van der Waals surface area contributed by atoms with Crippen molar-refractivity contribution < 1.29 is 27.3 Å². The van der Waals surface area contributed by atoms with Crippen molar-refractivity contribution in [3.05, 3.63) is 0 Å². The van der Waals surface area contributed by atoms with Crippen LogP contribution in [0.25, 0.3) is 0 Å². The third-order valence-electron chi connectivity index (χ3n) is 3.38. The topological polar surface area (TPSA) is 124 Å². The SMILES string of the molecule is CCCCCC(CCC)COC(=O)C(CC(N)=O)S(=O)(=O)O. The fourth-order valence-corrected chi connectivity index (χ4v) is 2.87. The summed E-state index contributed by atoms with van der Waals surface area (Å²) in [4.78, 5) is 22.6. The van der Waals surface area contributed by atoms with Gasteiger partial charge in [0.05, 0.1) is 13.0 Å². The molecule has 1 amide bonds. The molecule has 0 aliphatic heterocycles. The van der Waals surface area contributed by atoms with Crippen molar-refractivity contribution in [3.8, 4) is 0 Å². The monoisotopic (exact) mass is 337 g/mol. The van der Waals surface area contributed by atoms with Gasteiger partial charge in [-0.05, 0) is 18.8 Å². The van der Waals surface area contributed by atoms with Gasteiger partial charge in [-0.2, -0.15) is 8.42 Å². The number of hydrogen-bond acceptors (Lipinski definition) is 5. The number of primary amides is 1. The van der Waals surface area contributed by atoms with Crippen molar-refractivity contribution in [2.45, 2.75) is 64.0 Å². The molecule has 0 bridgehead atoms. The lowest BCUT2D eigenvalue weighted by molar-refractivity contribution is -0.145. The maximum Gasteiger partial charge on any atom is 0.327 e. The molecule has 0 radical (unpaired) electrons. The summed E-state index contributed by atoms with van der Waals surface area (Å²) in [6.07, 6.45) is 5.08. The molecule has 0 aromatic carbocycles. The van der Waals surface area contributed by atoms with E-state index in [2.05, 4.69) is 6.92 Å². The first kappa shape index (κ1) is 20.9. The molecule has 0 saturated carbocycles. The Labute approximate surface area is 132 Å². The van der Waals surface area contributed by atoms with Crippen molar-refractivity contribution in [1.82, 2.24) is 0 Å². The van der Waals surface area contributed by atoms with Gasteiger partial charge < -0.3 is 10.5 Å². The van der Waals surface area contributed by atoms with Gasteiger partial charge in [-0.25, -0.2) is 0 Å². The van der Waals surface area contributed by atoms with E-state index in [0.29, 0.717) is 0 Å². The van der Waals surface area contributed by atoms with E-state index in [-0.39, 0.29) is 12.5 Å². The zero-order chi connectivity index (χ0) is 17.2. The van der Waals surface area contributed by atoms with Gasteiger partial charge in [0.1, 0.15) is 0 Å². The van der Waals surface area contributed by atoms with Crippen LogP contribution in [-0.2, 0) is 24.4 Å². The number of hydrogen-bond donors (Lipinski definition) is 2. The largest absolute Gasteiger partial charge is 0.464 e. The van der Waals surface area contributed by atoms with Crippen molar-refractivity contribution in [2.75, 3.05) is 6.61 Å². The lowest BCUT2D eigenvalue weighted by Gasteiger charge is -2.18. The highest BCUT2D eigenvalue weighted by molar-refractivity contribution is 7.87. The summed E-state index contributed by atoms with van der Waals surface area (Å²) in [6, 6.07) is 0. The van der Waals surface area contributed by atoms with E-state index in [1.54, 1.807) is 0 Å². The van der Waals surface area contributed by atoms with E-state index < -0.39 is 33.7 Å². The van der Waals surface area contributed by atoms with E-state index in [0.717, 1.165) is 38.5 Å². The molecule has 130 valence electrons. The molecule has 8 heteroatoms. The van der Waals surface area contributed by atoms with Gasteiger partial charge in [0.25, 0.3) is 10.1 Å². The number of ether oxygens (including phenoxy) is 1. The van der Waals surface area contributed by atoms with Crippen LogP contribution in [0.1, 0.15) is 58.8 Å². The normalized spacial score (nSPS) is 14.3. The van der Waals surface area contributed by atoms with Crippen LogP contribution in [0, 0.1) is 5.92 Å². The van der Waals surface area contributed by atoms with Crippen LogP contribution in [0.5, 0.6) is 0 Å². The number of nitrogens with two attached hydrogens (primary N) is 1. The second-order valence-electron chi connectivity index (χ2n) is 5.45. The van der Waals surface area contributed by atoms with Crippen LogP contribution in [-0.4, -0.2) is 36.7 Å². The zero-order valence-corrected chi connectivity index (χ0v) is 14.1. The summed E-state index contributed by atoms with van der Waals surface area (Å²) in [5.74, 6) is -1.97. The molecule has 0 heterocycles. The summed E-state index contributed by atoms with van der Waals surface area (Å²) >= 11 is 0. The summed E-state index contributed by atoms with van der Waals surface area (Å²) in [7, 11) is -4.72. The molecule has 0 aromatic heterocycles. The molecule has 0 saturated heterocycles. The second-order valence-corrected chi connectivity index (χ2v) is 7.05. The molecule has 22 heavy (non-hydrogen) atoms. The smallest absolute Gasteiger partial charge is 0.327 e. The quantitative estimate of drug-likeness (QED) is 0.317. The average molecular weight is 337 g/mol. The molecule has 0 aliphatic carbocycles. The highest BCUT2D eigenvalue weighted by Gasteiger charge is 2.34. The molecule has 0 fully saturated rings. The Morgan fingerprint density at radius 1 is 1.14 bits per heavy atom. The minimum absolute atomic E-state index is 0.0845. The van der Waals surface area contributed by atoms with Crippen LogP contribution in [0.15, 0.2) is 0 Å². The number of amides is 1. The van der Waals surface area contributed by atoms with Gasteiger partial charge in [0.15, 0.2) is 5.25 Å². The Balaban J connectivity index is 4.59. The molecular weight excluding hydrogens is 310 g/mol. The standard InChI is InChI=1S/C14H27NO6S/c1-3-5-6-8-11(7-4-2)10-21-14(17)12(9-13(15)16)22(18,19)20/h11-12H,3-10H2,1-2H3,(H2,15,16)(H,18,19,20). The predicted octanol–water partition coefficient (Wildman–Crippen LogP) is 1.66. The molecule has 2 unspecified atom stereocenters. The molecule has 0 spiro atoms. The Kier molecular flexibility index (Phi) is 10.0. The maximum atomic E-state index is 11.8. The second kappa shape index (κ2) is 10.6. The fraction of sp³-hybridized carbons (Fsp3) is 0.857. The lowest BCUT2D eigenvalue weighted by atomic mass is 9.97. The first-order valence-corrected chi connectivity index (χ1v) is 9.13. The van der Waals surface area contributed by atoms with Crippen molar-refractivity contribution in [3.63, 3.8) is 0 Å². The summed E-state index contributed by atoms with van der Waals surface area (Å²) in [5, 5.41) is -1.94. The molecular formula is C14H27NO6S. The van der Waals surface area contributed by atoms with Crippen molar-refractivity contribution in [2.24, 2.45) is 11.7 Å². The molecule has 2 atom stereocenters.